The molecule has 2 rings (SSSR count). The molecule has 4 nitrogen and oxygen atoms in total. The largest absolute Gasteiger partial charge is 0.494 e. The molecule has 0 radical (unpaired) electrons. The minimum Gasteiger partial charge on any atom is -0.494 e. The summed E-state index contributed by atoms with van der Waals surface area (Å²) in [6, 6.07) is 16.7. The van der Waals surface area contributed by atoms with Crippen LogP contribution in [0.3, 0.4) is 0 Å². The molecule has 0 atom stereocenters. The molecule has 0 aliphatic carbocycles. The summed E-state index contributed by atoms with van der Waals surface area (Å²) < 4.78 is 10.6. The van der Waals surface area contributed by atoms with Crippen LogP contribution < -0.4 is 4.74 Å². The van der Waals surface area contributed by atoms with Crippen molar-refractivity contribution >= 4 is 17.7 Å². The van der Waals surface area contributed by atoms with Gasteiger partial charge >= 0.3 is 5.97 Å². The Hall–Kier alpha value is -2.45. The van der Waals surface area contributed by atoms with Crippen LogP contribution in [0.15, 0.2) is 53.4 Å². The molecule has 0 amide bonds. The third kappa shape index (κ3) is 5.35. The first kappa shape index (κ1) is 16.9. The number of nitrogens with zero attached hydrogens (tertiary/aromatic N) is 1. The monoisotopic (exact) mass is 327 g/mol. The Morgan fingerprint density at radius 1 is 1.17 bits per heavy atom. The molecule has 0 bridgehead atoms. The fourth-order valence-corrected chi connectivity index (χ4v) is 2.59. The zero-order chi connectivity index (χ0) is 16.5. The van der Waals surface area contributed by atoms with E-state index in [4.69, 9.17) is 14.7 Å². The summed E-state index contributed by atoms with van der Waals surface area (Å²) in [4.78, 5) is 12.8. The van der Waals surface area contributed by atoms with E-state index in [9.17, 15) is 4.79 Å². The second-order valence-electron chi connectivity index (χ2n) is 4.62. The van der Waals surface area contributed by atoms with Gasteiger partial charge in [-0.05, 0) is 37.3 Å². The maximum atomic E-state index is 11.8. The molecule has 0 aliphatic rings. The smallest absolute Gasteiger partial charge is 0.316 e. The Bertz CT molecular complexity index is 692. The molecule has 0 saturated carbocycles. The van der Waals surface area contributed by atoms with Crippen molar-refractivity contribution in [1.29, 1.82) is 5.26 Å². The predicted molar refractivity (Wildman–Crippen MR) is 89.3 cm³/mol. The molecular formula is C18H17NO3S. The van der Waals surface area contributed by atoms with Crippen molar-refractivity contribution in [3.8, 4) is 11.8 Å². The Kier molecular flexibility index (Phi) is 6.52. The van der Waals surface area contributed by atoms with Gasteiger partial charge in [0.1, 0.15) is 12.4 Å². The fraction of sp³-hybridized carbons (Fsp3) is 0.222. The minimum atomic E-state index is -0.309. The van der Waals surface area contributed by atoms with Crippen molar-refractivity contribution in [3.63, 3.8) is 0 Å². The van der Waals surface area contributed by atoms with Gasteiger partial charge in [0.05, 0.1) is 24.0 Å². The number of benzene rings is 2. The van der Waals surface area contributed by atoms with Gasteiger partial charge in [-0.15, -0.1) is 11.8 Å². The molecule has 0 N–H and O–H groups in total. The summed E-state index contributed by atoms with van der Waals surface area (Å²) in [5.41, 5.74) is 1.24. The van der Waals surface area contributed by atoms with Gasteiger partial charge in [0, 0.05) is 10.5 Å². The van der Waals surface area contributed by atoms with E-state index in [-0.39, 0.29) is 18.3 Å². The molecule has 0 unspecified atom stereocenters. The highest BCUT2D eigenvalue weighted by Gasteiger charge is 2.07. The molecule has 0 spiro atoms. The van der Waals surface area contributed by atoms with Crippen LogP contribution >= 0.6 is 11.8 Å². The first-order valence-electron chi connectivity index (χ1n) is 7.22. The average Bonchev–Trinajstić information content (AvgIpc) is 2.60. The van der Waals surface area contributed by atoms with Crippen molar-refractivity contribution in [1.82, 2.24) is 0 Å². The molecule has 0 aromatic heterocycles. The van der Waals surface area contributed by atoms with Gasteiger partial charge in [0.2, 0.25) is 0 Å². The number of carbonyl (C=O) groups is 1. The maximum Gasteiger partial charge on any atom is 0.316 e. The molecule has 23 heavy (non-hydrogen) atoms. The van der Waals surface area contributed by atoms with Gasteiger partial charge < -0.3 is 9.47 Å². The highest BCUT2D eigenvalue weighted by molar-refractivity contribution is 8.00. The molecule has 2 aromatic rings. The molecule has 118 valence electrons. The molecule has 5 heteroatoms. The Morgan fingerprint density at radius 2 is 1.91 bits per heavy atom. The quantitative estimate of drug-likeness (QED) is 0.572. The lowest BCUT2D eigenvalue weighted by Crippen LogP contribution is -2.08. The number of thioether (sulfide) groups is 1. The van der Waals surface area contributed by atoms with Gasteiger partial charge in [0.25, 0.3) is 0 Å². The van der Waals surface area contributed by atoms with Gasteiger partial charge in [0.15, 0.2) is 0 Å². The van der Waals surface area contributed by atoms with Crippen LogP contribution in [-0.4, -0.2) is 18.3 Å². The van der Waals surface area contributed by atoms with Crippen molar-refractivity contribution in [2.24, 2.45) is 0 Å². The van der Waals surface area contributed by atoms with Gasteiger partial charge in [-0.25, -0.2) is 0 Å². The van der Waals surface area contributed by atoms with Crippen LogP contribution in [0.2, 0.25) is 0 Å². The maximum absolute atomic E-state index is 11.8. The third-order valence-corrected chi connectivity index (χ3v) is 4.00. The lowest BCUT2D eigenvalue weighted by atomic mass is 10.1. The number of carbonyl (C=O) groups excluding carboxylic acids is 1. The summed E-state index contributed by atoms with van der Waals surface area (Å²) in [7, 11) is 0. The minimum absolute atomic E-state index is 0.117. The van der Waals surface area contributed by atoms with E-state index in [2.05, 4.69) is 6.07 Å². The summed E-state index contributed by atoms with van der Waals surface area (Å²) >= 11 is 1.41. The van der Waals surface area contributed by atoms with Gasteiger partial charge in [-0.2, -0.15) is 5.26 Å². The topological polar surface area (TPSA) is 59.3 Å². The summed E-state index contributed by atoms with van der Waals surface area (Å²) in [5, 5.41) is 8.99. The van der Waals surface area contributed by atoms with Crippen LogP contribution in [0.1, 0.15) is 18.1 Å². The first-order chi connectivity index (χ1) is 11.2. The van der Waals surface area contributed by atoms with Gasteiger partial charge in [-0.3, -0.25) is 4.79 Å². The summed E-state index contributed by atoms with van der Waals surface area (Å²) in [5.74, 6) is 0.729. The Labute approximate surface area is 140 Å². The van der Waals surface area contributed by atoms with Crippen molar-refractivity contribution in [2.75, 3.05) is 12.4 Å². The summed E-state index contributed by atoms with van der Waals surface area (Å²) in [6.45, 7) is 2.68. The lowest BCUT2D eigenvalue weighted by molar-refractivity contribution is -0.141. The number of hydrogen-bond acceptors (Lipinski definition) is 5. The van der Waals surface area contributed by atoms with Crippen molar-refractivity contribution in [3.05, 3.63) is 59.7 Å². The molecule has 0 heterocycles. The predicted octanol–water partition coefficient (Wildman–Crippen LogP) is 3.79. The first-order valence-corrected chi connectivity index (χ1v) is 8.20. The van der Waals surface area contributed by atoms with Crippen LogP contribution in [-0.2, 0) is 16.1 Å². The van der Waals surface area contributed by atoms with Gasteiger partial charge in [-0.1, -0.05) is 18.2 Å². The van der Waals surface area contributed by atoms with Crippen LogP contribution in [0.5, 0.6) is 5.75 Å². The molecule has 0 saturated heterocycles. The van der Waals surface area contributed by atoms with E-state index in [1.54, 1.807) is 18.2 Å². The van der Waals surface area contributed by atoms with Crippen LogP contribution in [0.4, 0.5) is 0 Å². The number of hydrogen-bond donors (Lipinski definition) is 0. The zero-order valence-corrected chi connectivity index (χ0v) is 13.6. The fourth-order valence-electron chi connectivity index (χ4n) is 1.90. The molecule has 0 fully saturated rings. The van der Waals surface area contributed by atoms with E-state index >= 15 is 0 Å². The highest BCUT2D eigenvalue weighted by Crippen LogP contribution is 2.21. The van der Waals surface area contributed by atoms with E-state index in [0.29, 0.717) is 12.2 Å². The lowest BCUT2D eigenvalue weighted by Gasteiger charge is -2.07. The highest BCUT2D eigenvalue weighted by atomic mass is 32.2. The van der Waals surface area contributed by atoms with E-state index in [0.717, 1.165) is 16.2 Å². The molecule has 2 aromatic carbocycles. The standard InChI is InChI=1S/C18H17NO3S/c1-2-21-16-7-9-17(10-8-16)23-13-18(20)22-12-15-6-4-3-5-14(15)11-19/h3-10H,2,12-13H2,1H3. The molecular weight excluding hydrogens is 310 g/mol. The third-order valence-electron chi connectivity index (χ3n) is 3.02. The number of nitriles is 1. The van der Waals surface area contributed by atoms with Crippen LogP contribution in [0.25, 0.3) is 0 Å². The van der Waals surface area contributed by atoms with E-state index in [1.807, 2.05) is 37.3 Å². The zero-order valence-electron chi connectivity index (χ0n) is 12.8. The Balaban J connectivity index is 1.80. The number of rotatable bonds is 7. The normalized spacial score (nSPS) is 9.91. The SMILES string of the molecule is CCOc1ccc(SCC(=O)OCc2ccccc2C#N)cc1. The average molecular weight is 327 g/mol. The van der Waals surface area contributed by atoms with E-state index in [1.165, 1.54) is 11.8 Å². The Morgan fingerprint density at radius 3 is 2.61 bits per heavy atom. The second kappa shape index (κ2) is 8.86. The number of esters is 1. The summed E-state index contributed by atoms with van der Waals surface area (Å²) in [6.07, 6.45) is 0. The second-order valence-corrected chi connectivity index (χ2v) is 5.67. The van der Waals surface area contributed by atoms with Crippen molar-refractivity contribution < 1.29 is 14.3 Å². The number of ether oxygens (including phenoxy) is 2. The van der Waals surface area contributed by atoms with Crippen molar-refractivity contribution in [2.45, 2.75) is 18.4 Å². The van der Waals surface area contributed by atoms with E-state index < -0.39 is 0 Å². The van der Waals surface area contributed by atoms with Crippen LogP contribution in [0, 0.1) is 11.3 Å². The molecule has 0 aliphatic heterocycles.